The third-order valence-corrected chi connectivity index (χ3v) is 5.55. The Kier molecular flexibility index (Phi) is 7.71. The average Bonchev–Trinajstić information content (AvgIpc) is 3.10. The second kappa shape index (κ2) is 9.77. The molecule has 140 valence electrons. The number of sulfone groups is 1. The van der Waals surface area contributed by atoms with Gasteiger partial charge in [0, 0.05) is 26.4 Å². The summed E-state index contributed by atoms with van der Waals surface area (Å²) in [4.78, 5) is 7.11. The molecule has 25 heavy (non-hydrogen) atoms. The summed E-state index contributed by atoms with van der Waals surface area (Å²) in [5.41, 5.74) is 1.10. The molecular formula is C18H30N4O2S. The smallest absolute Gasteiger partial charge is 0.190 e. The van der Waals surface area contributed by atoms with E-state index in [2.05, 4.69) is 20.5 Å². The van der Waals surface area contributed by atoms with Gasteiger partial charge >= 0.3 is 0 Å². The van der Waals surface area contributed by atoms with Gasteiger partial charge in [0.15, 0.2) is 15.8 Å². The van der Waals surface area contributed by atoms with Crippen molar-refractivity contribution in [2.24, 2.45) is 4.99 Å². The number of likely N-dealkylation sites (tertiary alicyclic amines) is 1. The van der Waals surface area contributed by atoms with Crippen molar-refractivity contribution in [2.45, 2.75) is 30.6 Å². The van der Waals surface area contributed by atoms with Gasteiger partial charge in [-0.25, -0.2) is 8.42 Å². The maximum absolute atomic E-state index is 11.5. The van der Waals surface area contributed by atoms with Crippen molar-refractivity contribution < 1.29 is 8.42 Å². The lowest BCUT2D eigenvalue weighted by Crippen LogP contribution is -2.39. The summed E-state index contributed by atoms with van der Waals surface area (Å²) < 4.78 is 22.9. The summed E-state index contributed by atoms with van der Waals surface area (Å²) in [6, 6.07) is 7.06. The zero-order valence-corrected chi connectivity index (χ0v) is 16.1. The van der Waals surface area contributed by atoms with E-state index in [0.29, 0.717) is 4.90 Å². The topological polar surface area (TPSA) is 73.8 Å². The number of aliphatic imine (C=N–C) groups is 1. The molecule has 1 aromatic rings. The summed E-state index contributed by atoms with van der Waals surface area (Å²) in [6.45, 7) is 5.30. The molecular weight excluding hydrogens is 336 g/mol. The number of hydrogen-bond acceptors (Lipinski definition) is 4. The molecule has 0 aliphatic carbocycles. The molecule has 0 aromatic heterocycles. The molecule has 1 aliphatic heterocycles. The summed E-state index contributed by atoms with van der Waals surface area (Å²) in [5, 5.41) is 6.64. The van der Waals surface area contributed by atoms with E-state index < -0.39 is 9.84 Å². The van der Waals surface area contributed by atoms with Crippen LogP contribution in [0.2, 0.25) is 0 Å². The minimum atomic E-state index is -3.12. The molecule has 0 atom stereocenters. The first-order chi connectivity index (χ1) is 12.0. The molecule has 6 nitrogen and oxygen atoms in total. The standard InChI is InChI=1S/C18H30N4O2S/c1-19-18(20-11-5-15-22-13-3-4-14-22)21-12-10-16-6-8-17(9-7-16)25(2,23)24/h6-9H,3-5,10-15H2,1-2H3,(H2,19,20,21). The quantitative estimate of drug-likeness (QED) is 0.412. The van der Waals surface area contributed by atoms with Crippen molar-refractivity contribution in [3.8, 4) is 0 Å². The number of guanidine groups is 1. The Morgan fingerprint density at radius 3 is 2.36 bits per heavy atom. The molecule has 0 spiro atoms. The Bertz CT molecular complexity index is 650. The highest BCUT2D eigenvalue weighted by Crippen LogP contribution is 2.10. The van der Waals surface area contributed by atoms with E-state index in [9.17, 15) is 8.42 Å². The summed E-state index contributed by atoms with van der Waals surface area (Å²) in [7, 11) is -1.35. The van der Waals surface area contributed by atoms with Crippen LogP contribution in [-0.4, -0.2) is 65.3 Å². The molecule has 2 N–H and O–H groups in total. The monoisotopic (exact) mass is 366 g/mol. The van der Waals surface area contributed by atoms with Gasteiger partial charge in [-0.3, -0.25) is 4.99 Å². The number of nitrogens with zero attached hydrogens (tertiary/aromatic N) is 2. The van der Waals surface area contributed by atoms with Crippen LogP contribution < -0.4 is 10.6 Å². The molecule has 0 unspecified atom stereocenters. The summed E-state index contributed by atoms with van der Waals surface area (Å²) in [5.74, 6) is 0.814. The maximum Gasteiger partial charge on any atom is 0.190 e. The first kappa shape index (κ1) is 19.7. The fourth-order valence-electron chi connectivity index (χ4n) is 2.96. The van der Waals surface area contributed by atoms with Gasteiger partial charge in [-0.2, -0.15) is 0 Å². The van der Waals surface area contributed by atoms with Gasteiger partial charge in [-0.15, -0.1) is 0 Å². The van der Waals surface area contributed by atoms with Gasteiger partial charge in [0.05, 0.1) is 4.90 Å². The maximum atomic E-state index is 11.5. The molecule has 1 heterocycles. The Morgan fingerprint density at radius 2 is 1.76 bits per heavy atom. The fourth-order valence-corrected chi connectivity index (χ4v) is 3.60. The van der Waals surface area contributed by atoms with E-state index in [1.165, 1.54) is 32.2 Å². The first-order valence-electron chi connectivity index (χ1n) is 8.95. The van der Waals surface area contributed by atoms with Crippen LogP contribution in [0.15, 0.2) is 34.2 Å². The van der Waals surface area contributed by atoms with Crippen molar-refractivity contribution in [1.29, 1.82) is 0 Å². The Morgan fingerprint density at radius 1 is 1.12 bits per heavy atom. The van der Waals surface area contributed by atoms with Crippen LogP contribution in [0.5, 0.6) is 0 Å². The van der Waals surface area contributed by atoms with Crippen LogP contribution in [0.4, 0.5) is 0 Å². The SMILES string of the molecule is CN=C(NCCCN1CCCC1)NCCc1ccc(S(C)(=O)=O)cc1. The highest BCUT2D eigenvalue weighted by atomic mass is 32.2. The zero-order chi connectivity index (χ0) is 18.1. The molecule has 1 aliphatic rings. The van der Waals surface area contributed by atoms with Crippen LogP contribution in [0.1, 0.15) is 24.8 Å². The molecule has 0 bridgehead atoms. The molecule has 1 saturated heterocycles. The van der Waals surface area contributed by atoms with Crippen LogP contribution in [-0.2, 0) is 16.3 Å². The van der Waals surface area contributed by atoms with Crippen molar-refractivity contribution in [1.82, 2.24) is 15.5 Å². The van der Waals surface area contributed by atoms with E-state index in [0.717, 1.165) is 44.0 Å². The molecule has 7 heteroatoms. The second-order valence-corrected chi connectivity index (χ2v) is 8.51. The minimum Gasteiger partial charge on any atom is -0.356 e. The molecule has 0 saturated carbocycles. The summed E-state index contributed by atoms with van der Waals surface area (Å²) in [6.07, 6.45) is 5.83. The Hall–Kier alpha value is -1.60. The van der Waals surface area contributed by atoms with Crippen molar-refractivity contribution >= 4 is 15.8 Å². The predicted molar refractivity (Wildman–Crippen MR) is 103 cm³/mol. The van der Waals surface area contributed by atoms with Crippen molar-refractivity contribution in [3.63, 3.8) is 0 Å². The molecule has 0 radical (unpaired) electrons. The van der Waals surface area contributed by atoms with Gasteiger partial charge in [-0.1, -0.05) is 12.1 Å². The number of hydrogen-bond donors (Lipinski definition) is 2. The lowest BCUT2D eigenvalue weighted by atomic mass is 10.1. The fraction of sp³-hybridized carbons (Fsp3) is 0.611. The third kappa shape index (κ3) is 7.04. The van der Waals surface area contributed by atoms with Crippen molar-refractivity contribution in [3.05, 3.63) is 29.8 Å². The van der Waals surface area contributed by atoms with Crippen LogP contribution >= 0.6 is 0 Å². The molecule has 1 aromatic carbocycles. The van der Waals surface area contributed by atoms with E-state index >= 15 is 0 Å². The van der Waals surface area contributed by atoms with Crippen LogP contribution in [0, 0.1) is 0 Å². The van der Waals surface area contributed by atoms with E-state index in [-0.39, 0.29) is 0 Å². The first-order valence-corrected chi connectivity index (χ1v) is 10.8. The molecule has 2 rings (SSSR count). The second-order valence-electron chi connectivity index (χ2n) is 6.49. The van der Waals surface area contributed by atoms with Gasteiger partial charge < -0.3 is 15.5 Å². The average molecular weight is 367 g/mol. The zero-order valence-electron chi connectivity index (χ0n) is 15.3. The number of nitrogens with one attached hydrogen (secondary N) is 2. The van der Waals surface area contributed by atoms with E-state index in [1.54, 1.807) is 19.2 Å². The van der Waals surface area contributed by atoms with Gasteiger partial charge in [0.1, 0.15) is 0 Å². The largest absolute Gasteiger partial charge is 0.356 e. The highest BCUT2D eigenvalue weighted by Gasteiger charge is 2.10. The number of rotatable bonds is 8. The Balaban J connectivity index is 1.65. The van der Waals surface area contributed by atoms with Crippen molar-refractivity contribution in [2.75, 3.05) is 46.0 Å². The van der Waals surface area contributed by atoms with Gasteiger partial charge in [-0.05, 0) is 63.0 Å². The van der Waals surface area contributed by atoms with Crippen LogP contribution in [0.25, 0.3) is 0 Å². The minimum absolute atomic E-state index is 0.361. The molecule has 0 amide bonds. The van der Waals surface area contributed by atoms with Crippen LogP contribution in [0.3, 0.4) is 0 Å². The lowest BCUT2D eigenvalue weighted by Gasteiger charge is -2.16. The predicted octanol–water partition coefficient (Wildman–Crippen LogP) is 1.28. The van der Waals surface area contributed by atoms with Gasteiger partial charge in [0.25, 0.3) is 0 Å². The Labute approximate surface area is 151 Å². The van der Waals surface area contributed by atoms with E-state index in [1.807, 2.05) is 12.1 Å². The molecule has 1 fully saturated rings. The normalized spacial score (nSPS) is 16.2. The lowest BCUT2D eigenvalue weighted by molar-refractivity contribution is 0.334. The van der Waals surface area contributed by atoms with Gasteiger partial charge in [0.2, 0.25) is 0 Å². The third-order valence-electron chi connectivity index (χ3n) is 4.42. The highest BCUT2D eigenvalue weighted by molar-refractivity contribution is 7.90. The number of benzene rings is 1. The summed E-state index contributed by atoms with van der Waals surface area (Å²) >= 11 is 0. The van der Waals surface area contributed by atoms with E-state index in [4.69, 9.17) is 0 Å².